The number of carbonyl (C=O) groups is 1. The van der Waals surface area contributed by atoms with Crippen LogP contribution in [0.2, 0.25) is 0 Å². The van der Waals surface area contributed by atoms with Crippen LogP contribution in [0, 0.1) is 11.3 Å². The first kappa shape index (κ1) is 11.2. The first-order chi connectivity index (χ1) is 7.04. The van der Waals surface area contributed by atoms with Gasteiger partial charge >= 0.3 is 5.97 Å². The molecule has 0 saturated carbocycles. The molecular formula is C9H12N4O2. The van der Waals surface area contributed by atoms with Crippen molar-refractivity contribution in [3.05, 3.63) is 12.2 Å². The molecule has 1 heterocycles. The molecule has 1 aromatic rings. The van der Waals surface area contributed by atoms with Crippen molar-refractivity contribution in [2.24, 2.45) is 0 Å². The minimum atomic E-state index is -1.13. The van der Waals surface area contributed by atoms with Crippen LogP contribution in [-0.2, 0) is 10.3 Å². The summed E-state index contributed by atoms with van der Waals surface area (Å²) in [6, 6.07) is 1.76. The van der Waals surface area contributed by atoms with Gasteiger partial charge in [0.1, 0.15) is 12.4 Å². The number of hydrogen-bond donors (Lipinski definition) is 1. The SMILES string of the molecule is CCCC(C)(C(=O)O)n1cnc(C#N)n1. The summed E-state index contributed by atoms with van der Waals surface area (Å²) >= 11 is 0. The summed E-state index contributed by atoms with van der Waals surface area (Å²) < 4.78 is 1.23. The molecule has 80 valence electrons. The average molecular weight is 208 g/mol. The summed E-state index contributed by atoms with van der Waals surface area (Å²) in [5.41, 5.74) is -1.13. The molecule has 1 aromatic heterocycles. The van der Waals surface area contributed by atoms with E-state index in [-0.39, 0.29) is 5.82 Å². The van der Waals surface area contributed by atoms with Gasteiger partial charge in [0.25, 0.3) is 5.82 Å². The van der Waals surface area contributed by atoms with Crippen LogP contribution in [0.15, 0.2) is 6.33 Å². The number of carboxylic acid groups (broad SMARTS) is 1. The van der Waals surface area contributed by atoms with Gasteiger partial charge in [0.05, 0.1) is 0 Å². The Bertz CT molecular complexity index is 406. The number of rotatable bonds is 4. The highest BCUT2D eigenvalue weighted by atomic mass is 16.4. The predicted molar refractivity (Wildman–Crippen MR) is 50.9 cm³/mol. The zero-order valence-electron chi connectivity index (χ0n) is 8.64. The number of carboxylic acids is 1. The summed E-state index contributed by atoms with van der Waals surface area (Å²) in [6.45, 7) is 3.46. The van der Waals surface area contributed by atoms with Crippen LogP contribution in [0.1, 0.15) is 32.5 Å². The molecule has 0 aliphatic carbocycles. The van der Waals surface area contributed by atoms with Crippen molar-refractivity contribution in [3.63, 3.8) is 0 Å². The standard InChI is InChI=1S/C9H12N4O2/c1-3-4-9(2,8(14)15)13-6-11-7(5-10)12-13/h6H,3-4H2,1-2H3,(H,14,15). The van der Waals surface area contributed by atoms with Crippen LogP contribution < -0.4 is 0 Å². The molecule has 0 fully saturated rings. The van der Waals surface area contributed by atoms with Gasteiger partial charge in [-0.15, -0.1) is 5.10 Å². The smallest absolute Gasteiger partial charge is 0.331 e. The van der Waals surface area contributed by atoms with E-state index in [4.69, 9.17) is 10.4 Å². The van der Waals surface area contributed by atoms with Gasteiger partial charge in [0.2, 0.25) is 0 Å². The third-order valence-corrected chi connectivity index (χ3v) is 2.30. The Morgan fingerprint density at radius 2 is 2.47 bits per heavy atom. The highest BCUT2D eigenvalue weighted by Gasteiger charge is 2.35. The van der Waals surface area contributed by atoms with Gasteiger partial charge in [0.15, 0.2) is 5.54 Å². The second-order valence-corrected chi connectivity index (χ2v) is 3.45. The molecule has 6 heteroatoms. The number of nitrogens with zero attached hydrogens (tertiary/aromatic N) is 4. The third-order valence-electron chi connectivity index (χ3n) is 2.30. The maximum absolute atomic E-state index is 11.1. The van der Waals surface area contributed by atoms with E-state index in [0.717, 1.165) is 0 Å². The highest BCUT2D eigenvalue weighted by Crippen LogP contribution is 2.21. The molecule has 1 N–H and O–H groups in total. The van der Waals surface area contributed by atoms with Crippen molar-refractivity contribution < 1.29 is 9.90 Å². The van der Waals surface area contributed by atoms with Gasteiger partial charge in [-0.1, -0.05) is 13.3 Å². The lowest BCUT2D eigenvalue weighted by Gasteiger charge is -2.23. The van der Waals surface area contributed by atoms with Gasteiger partial charge in [0, 0.05) is 0 Å². The quantitative estimate of drug-likeness (QED) is 0.788. The fourth-order valence-electron chi connectivity index (χ4n) is 1.36. The minimum Gasteiger partial charge on any atom is -0.479 e. The summed E-state index contributed by atoms with van der Waals surface area (Å²) in [4.78, 5) is 14.8. The van der Waals surface area contributed by atoms with Crippen molar-refractivity contribution in [3.8, 4) is 6.07 Å². The number of hydrogen-bond acceptors (Lipinski definition) is 4. The second-order valence-electron chi connectivity index (χ2n) is 3.45. The molecule has 6 nitrogen and oxygen atoms in total. The van der Waals surface area contributed by atoms with Crippen LogP contribution in [0.25, 0.3) is 0 Å². The van der Waals surface area contributed by atoms with Gasteiger partial charge < -0.3 is 5.11 Å². The van der Waals surface area contributed by atoms with Gasteiger partial charge in [-0.3, -0.25) is 0 Å². The third kappa shape index (κ3) is 1.96. The Labute approximate surface area is 87.2 Å². The van der Waals surface area contributed by atoms with E-state index in [0.29, 0.717) is 12.8 Å². The van der Waals surface area contributed by atoms with Crippen LogP contribution >= 0.6 is 0 Å². The molecule has 0 aliphatic rings. The van der Waals surface area contributed by atoms with Crippen molar-refractivity contribution in [2.75, 3.05) is 0 Å². The highest BCUT2D eigenvalue weighted by molar-refractivity contribution is 5.75. The van der Waals surface area contributed by atoms with Gasteiger partial charge in [-0.25, -0.2) is 14.5 Å². The van der Waals surface area contributed by atoms with Crippen LogP contribution in [-0.4, -0.2) is 25.8 Å². The van der Waals surface area contributed by atoms with Gasteiger partial charge in [-0.2, -0.15) is 5.26 Å². The van der Waals surface area contributed by atoms with Crippen LogP contribution in [0.5, 0.6) is 0 Å². The Kier molecular flexibility index (Phi) is 3.04. The van der Waals surface area contributed by atoms with E-state index in [1.165, 1.54) is 11.0 Å². The van der Waals surface area contributed by atoms with E-state index < -0.39 is 11.5 Å². The largest absolute Gasteiger partial charge is 0.479 e. The first-order valence-electron chi connectivity index (χ1n) is 4.60. The normalized spacial score (nSPS) is 14.2. The molecular weight excluding hydrogens is 196 g/mol. The van der Waals surface area contributed by atoms with Crippen molar-refractivity contribution >= 4 is 5.97 Å². The Morgan fingerprint density at radius 1 is 1.80 bits per heavy atom. The number of aliphatic carboxylic acids is 1. The molecule has 1 unspecified atom stereocenters. The van der Waals surface area contributed by atoms with Gasteiger partial charge in [-0.05, 0) is 13.3 Å². The fraction of sp³-hybridized carbons (Fsp3) is 0.556. The summed E-state index contributed by atoms with van der Waals surface area (Å²) in [5.74, 6) is -0.989. The molecule has 0 spiro atoms. The van der Waals surface area contributed by atoms with E-state index in [9.17, 15) is 4.79 Å². The lowest BCUT2D eigenvalue weighted by molar-refractivity contribution is -0.147. The van der Waals surface area contributed by atoms with E-state index in [1.54, 1.807) is 13.0 Å². The van der Waals surface area contributed by atoms with E-state index in [1.807, 2.05) is 6.92 Å². The van der Waals surface area contributed by atoms with Crippen molar-refractivity contribution in [2.45, 2.75) is 32.2 Å². The molecule has 0 amide bonds. The topological polar surface area (TPSA) is 91.8 Å². The maximum Gasteiger partial charge on any atom is 0.331 e. The lowest BCUT2D eigenvalue weighted by atomic mass is 9.97. The molecule has 0 saturated heterocycles. The lowest BCUT2D eigenvalue weighted by Crippen LogP contribution is -2.39. The monoisotopic (exact) mass is 208 g/mol. The molecule has 1 rings (SSSR count). The van der Waals surface area contributed by atoms with Crippen LogP contribution in [0.4, 0.5) is 0 Å². The van der Waals surface area contributed by atoms with E-state index >= 15 is 0 Å². The maximum atomic E-state index is 11.1. The number of aromatic nitrogens is 3. The summed E-state index contributed by atoms with van der Waals surface area (Å²) in [5, 5.41) is 21.5. The molecule has 0 aromatic carbocycles. The molecule has 15 heavy (non-hydrogen) atoms. The Hall–Kier alpha value is -1.90. The second kappa shape index (κ2) is 4.09. The molecule has 0 aliphatic heterocycles. The summed E-state index contributed by atoms with van der Waals surface area (Å²) in [7, 11) is 0. The number of nitriles is 1. The molecule has 0 bridgehead atoms. The van der Waals surface area contributed by atoms with Crippen LogP contribution in [0.3, 0.4) is 0 Å². The minimum absolute atomic E-state index is 0.0152. The average Bonchev–Trinajstić information content (AvgIpc) is 2.66. The Morgan fingerprint density at radius 3 is 2.87 bits per heavy atom. The molecule has 0 radical (unpaired) electrons. The molecule has 1 atom stereocenters. The Balaban J connectivity index is 3.10. The van der Waals surface area contributed by atoms with Crippen molar-refractivity contribution in [1.29, 1.82) is 5.26 Å². The summed E-state index contributed by atoms with van der Waals surface area (Å²) in [6.07, 6.45) is 2.43. The zero-order valence-corrected chi connectivity index (χ0v) is 8.64. The van der Waals surface area contributed by atoms with E-state index in [2.05, 4.69) is 10.1 Å². The first-order valence-corrected chi connectivity index (χ1v) is 4.60. The predicted octanol–water partition coefficient (Wildman–Crippen LogP) is 0.750. The van der Waals surface area contributed by atoms with Crippen molar-refractivity contribution in [1.82, 2.24) is 14.8 Å². The zero-order chi connectivity index (χ0) is 11.5. The fourth-order valence-corrected chi connectivity index (χ4v) is 1.36.